The molecule has 4 nitrogen and oxygen atoms in total. The van der Waals surface area contributed by atoms with Crippen LogP contribution in [0.5, 0.6) is 0 Å². The van der Waals surface area contributed by atoms with Crippen molar-refractivity contribution >= 4 is 23.5 Å². The minimum absolute atomic E-state index is 0.0629. The number of carboxylic acid groups (broad SMARTS) is 1. The van der Waals surface area contributed by atoms with Crippen molar-refractivity contribution in [1.29, 1.82) is 0 Å². The van der Waals surface area contributed by atoms with Gasteiger partial charge in [0.25, 0.3) is 0 Å². The van der Waals surface area contributed by atoms with Crippen molar-refractivity contribution < 1.29 is 14.7 Å². The van der Waals surface area contributed by atoms with Crippen molar-refractivity contribution in [2.75, 3.05) is 7.05 Å². The number of amides is 1. The molecule has 5 heteroatoms. The third kappa shape index (κ3) is 4.10. The van der Waals surface area contributed by atoms with E-state index in [0.29, 0.717) is 11.6 Å². The molecule has 0 aliphatic heterocycles. The molecule has 0 spiro atoms. The van der Waals surface area contributed by atoms with Gasteiger partial charge in [-0.3, -0.25) is 4.79 Å². The van der Waals surface area contributed by atoms with Crippen LogP contribution in [0.2, 0.25) is 5.02 Å². The Bertz CT molecular complexity index is 520. The number of benzene rings is 1. The van der Waals surface area contributed by atoms with Crippen LogP contribution in [0.4, 0.5) is 0 Å². The number of carboxylic acids is 1. The first kappa shape index (κ1) is 15.2. The summed E-state index contributed by atoms with van der Waals surface area (Å²) in [5.74, 6) is -1.37. The van der Waals surface area contributed by atoms with Crippen LogP contribution in [0.25, 0.3) is 0 Å². The van der Waals surface area contributed by atoms with E-state index < -0.39 is 5.97 Å². The Hall–Kier alpha value is -1.81. The van der Waals surface area contributed by atoms with Gasteiger partial charge in [-0.1, -0.05) is 23.7 Å². The monoisotopic (exact) mass is 281 g/mol. The number of carbonyl (C=O) groups is 2. The van der Waals surface area contributed by atoms with E-state index in [1.54, 1.807) is 19.2 Å². The smallest absolute Gasteiger partial charge is 0.331 e. The number of aliphatic carboxylic acids is 1. The van der Waals surface area contributed by atoms with Gasteiger partial charge in [-0.2, -0.15) is 0 Å². The molecule has 1 aromatic rings. The summed E-state index contributed by atoms with van der Waals surface area (Å²) in [5, 5.41) is 9.49. The predicted molar refractivity (Wildman–Crippen MR) is 73.9 cm³/mol. The minimum Gasteiger partial charge on any atom is -0.478 e. The molecule has 19 heavy (non-hydrogen) atoms. The van der Waals surface area contributed by atoms with Crippen LogP contribution < -0.4 is 0 Å². The SMILES string of the molecule is CC(C(=O)O)=C(C)C(=O)N(C)Cc1ccc(Cl)cc1. The molecule has 0 heterocycles. The molecule has 0 saturated carbocycles. The van der Waals surface area contributed by atoms with E-state index in [-0.39, 0.29) is 17.1 Å². The molecule has 0 unspecified atom stereocenters. The number of rotatable bonds is 4. The Morgan fingerprint density at radius 3 is 2.16 bits per heavy atom. The van der Waals surface area contributed by atoms with Gasteiger partial charge in [-0.25, -0.2) is 4.79 Å². The first-order valence-corrected chi connectivity index (χ1v) is 6.11. The van der Waals surface area contributed by atoms with Gasteiger partial charge in [0, 0.05) is 29.8 Å². The molecule has 0 saturated heterocycles. The third-order valence-corrected chi connectivity index (χ3v) is 3.14. The largest absolute Gasteiger partial charge is 0.478 e. The lowest BCUT2D eigenvalue weighted by molar-refractivity contribution is -0.133. The molecule has 0 fully saturated rings. The zero-order valence-corrected chi connectivity index (χ0v) is 11.9. The number of nitrogens with zero attached hydrogens (tertiary/aromatic N) is 1. The average molecular weight is 282 g/mol. The summed E-state index contributed by atoms with van der Waals surface area (Å²) in [6, 6.07) is 7.16. The van der Waals surface area contributed by atoms with Gasteiger partial charge in [-0.15, -0.1) is 0 Å². The van der Waals surface area contributed by atoms with E-state index in [4.69, 9.17) is 16.7 Å². The first-order valence-electron chi connectivity index (χ1n) is 5.73. The van der Waals surface area contributed by atoms with Gasteiger partial charge >= 0.3 is 5.97 Å². The Balaban J connectivity index is 2.81. The van der Waals surface area contributed by atoms with Crippen LogP contribution in [0.1, 0.15) is 19.4 Å². The van der Waals surface area contributed by atoms with Gasteiger partial charge in [0.15, 0.2) is 0 Å². The fourth-order valence-electron chi connectivity index (χ4n) is 1.54. The summed E-state index contributed by atoms with van der Waals surface area (Å²) >= 11 is 5.78. The average Bonchev–Trinajstić information content (AvgIpc) is 2.38. The molecule has 1 N–H and O–H groups in total. The number of carbonyl (C=O) groups excluding carboxylic acids is 1. The van der Waals surface area contributed by atoms with E-state index in [1.807, 2.05) is 12.1 Å². The molecule has 0 bridgehead atoms. The Kier molecular flexibility index (Phi) is 5.12. The fraction of sp³-hybridized carbons (Fsp3) is 0.286. The van der Waals surface area contributed by atoms with Crippen molar-refractivity contribution in [3.8, 4) is 0 Å². The Morgan fingerprint density at radius 1 is 1.16 bits per heavy atom. The second kappa shape index (κ2) is 6.38. The molecular weight excluding hydrogens is 266 g/mol. The molecule has 1 rings (SSSR count). The minimum atomic E-state index is -1.08. The molecule has 0 aliphatic carbocycles. The standard InChI is InChI=1S/C14H16ClNO3/c1-9(10(2)14(18)19)13(17)16(3)8-11-4-6-12(15)7-5-11/h4-7H,8H2,1-3H3,(H,18,19). The fourth-order valence-corrected chi connectivity index (χ4v) is 1.67. The van der Waals surface area contributed by atoms with E-state index >= 15 is 0 Å². The highest BCUT2D eigenvalue weighted by atomic mass is 35.5. The van der Waals surface area contributed by atoms with Crippen LogP contribution in [0, 0.1) is 0 Å². The molecule has 0 radical (unpaired) electrons. The van der Waals surface area contributed by atoms with Gasteiger partial charge in [0.05, 0.1) is 0 Å². The maximum atomic E-state index is 12.0. The predicted octanol–water partition coefficient (Wildman–Crippen LogP) is 2.72. The normalized spacial score (nSPS) is 11.8. The highest BCUT2D eigenvalue weighted by Gasteiger charge is 2.16. The quantitative estimate of drug-likeness (QED) is 0.863. The lowest BCUT2D eigenvalue weighted by Crippen LogP contribution is -2.28. The van der Waals surface area contributed by atoms with E-state index in [1.165, 1.54) is 18.7 Å². The van der Waals surface area contributed by atoms with Crippen molar-refractivity contribution in [2.24, 2.45) is 0 Å². The van der Waals surface area contributed by atoms with Crippen LogP contribution in [-0.2, 0) is 16.1 Å². The molecule has 0 aliphatic rings. The van der Waals surface area contributed by atoms with Crippen molar-refractivity contribution in [3.63, 3.8) is 0 Å². The van der Waals surface area contributed by atoms with Crippen LogP contribution in [0.3, 0.4) is 0 Å². The molecule has 1 amide bonds. The summed E-state index contributed by atoms with van der Waals surface area (Å²) in [7, 11) is 1.63. The van der Waals surface area contributed by atoms with Crippen molar-refractivity contribution in [3.05, 3.63) is 46.0 Å². The molecule has 0 atom stereocenters. The van der Waals surface area contributed by atoms with Crippen LogP contribution in [0.15, 0.2) is 35.4 Å². The second-order valence-electron chi connectivity index (χ2n) is 4.34. The maximum absolute atomic E-state index is 12.0. The van der Waals surface area contributed by atoms with Crippen molar-refractivity contribution in [1.82, 2.24) is 4.90 Å². The molecule has 1 aromatic carbocycles. The van der Waals surface area contributed by atoms with Gasteiger partial charge in [-0.05, 0) is 31.5 Å². The third-order valence-electron chi connectivity index (χ3n) is 2.88. The van der Waals surface area contributed by atoms with Crippen molar-refractivity contribution in [2.45, 2.75) is 20.4 Å². The zero-order chi connectivity index (χ0) is 14.6. The summed E-state index contributed by atoms with van der Waals surface area (Å²) < 4.78 is 0. The van der Waals surface area contributed by atoms with Crippen LogP contribution >= 0.6 is 11.6 Å². The number of hydrogen-bond donors (Lipinski definition) is 1. The van der Waals surface area contributed by atoms with Gasteiger partial charge < -0.3 is 10.0 Å². The summed E-state index contributed by atoms with van der Waals surface area (Å²) in [6.45, 7) is 3.34. The lowest BCUT2D eigenvalue weighted by Gasteiger charge is -2.18. The number of halogens is 1. The number of likely N-dealkylation sites (N-methyl/N-ethyl adjacent to an activating group) is 1. The Labute approximate surface area is 117 Å². The van der Waals surface area contributed by atoms with Gasteiger partial charge in [0.2, 0.25) is 5.91 Å². The summed E-state index contributed by atoms with van der Waals surface area (Å²) in [4.78, 5) is 24.3. The molecule has 0 aromatic heterocycles. The highest BCUT2D eigenvalue weighted by molar-refractivity contribution is 6.30. The van der Waals surface area contributed by atoms with E-state index in [9.17, 15) is 9.59 Å². The maximum Gasteiger partial charge on any atom is 0.331 e. The summed E-state index contributed by atoms with van der Waals surface area (Å²) in [6.07, 6.45) is 0. The van der Waals surface area contributed by atoms with E-state index in [0.717, 1.165) is 5.56 Å². The highest BCUT2D eigenvalue weighted by Crippen LogP contribution is 2.13. The second-order valence-corrected chi connectivity index (χ2v) is 4.78. The summed E-state index contributed by atoms with van der Waals surface area (Å²) in [5.41, 5.74) is 1.23. The van der Waals surface area contributed by atoms with E-state index in [2.05, 4.69) is 0 Å². The topological polar surface area (TPSA) is 57.6 Å². The molecular formula is C14H16ClNO3. The Morgan fingerprint density at radius 2 is 1.68 bits per heavy atom. The number of hydrogen-bond acceptors (Lipinski definition) is 2. The lowest BCUT2D eigenvalue weighted by atomic mass is 10.1. The van der Waals surface area contributed by atoms with Crippen LogP contribution in [-0.4, -0.2) is 28.9 Å². The van der Waals surface area contributed by atoms with Gasteiger partial charge in [0.1, 0.15) is 0 Å². The molecule has 102 valence electrons. The zero-order valence-electron chi connectivity index (χ0n) is 11.1. The first-order chi connectivity index (χ1) is 8.82.